The van der Waals surface area contributed by atoms with Gasteiger partial charge in [-0.2, -0.15) is 0 Å². The Bertz CT molecular complexity index is 1480. The summed E-state index contributed by atoms with van der Waals surface area (Å²) in [6, 6.07) is 14.4. The zero-order valence-electron chi connectivity index (χ0n) is 16.5. The van der Waals surface area contributed by atoms with Crippen LogP contribution in [-0.2, 0) is 0 Å². The van der Waals surface area contributed by atoms with Crippen LogP contribution in [0.15, 0.2) is 71.1 Å². The maximum Gasteiger partial charge on any atom is 0.273 e. The molecule has 1 amide bonds. The molecule has 0 aliphatic heterocycles. The number of hydrogen-bond donors (Lipinski definition) is 2. The third-order valence-electron chi connectivity index (χ3n) is 5.11. The van der Waals surface area contributed by atoms with Crippen LogP contribution in [0.2, 0.25) is 0 Å². The minimum atomic E-state index is -0.484. The van der Waals surface area contributed by atoms with E-state index in [0.717, 1.165) is 11.1 Å². The van der Waals surface area contributed by atoms with E-state index in [-0.39, 0.29) is 16.9 Å². The SMILES string of the molecule is CC(NC(=O)c1c(N)nn2cccnc12)c1cc2ccsc2c(=O)n1-c1ccccc1. The average Bonchev–Trinajstić information content (AvgIpc) is 3.37. The van der Waals surface area contributed by atoms with Crippen LogP contribution in [0.25, 0.3) is 21.4 Å². The van der Waals surface area contributed by atoms with Crippen molar-refractivity contribution in [3.63, 3.8) is 0 Å². The summed E-state index contributed by atoms with van der Waals surface area (Å²) in [5.74, 6) is -0.312. The molecule has 0 aliphatic carbocycles. The van der Waals surface area contributed by atoms with Crippen LogP contribution in [0.5, 0.6) is 0 Å². The summed E-state index contributed by atoms with van der Waals surface area (Å²) in [5, 5.41) is 9.83. The first-order valence-corrected chi connectivity index (χ1v) is 10.5. The molecule has 3 N–H and O–H groups in total. The fraction of sp³-hybridized carbons (Fsp3) is 0.0909. The number of nitrogens with one attached hydrogen (secondary N) is 1. The van der Waals surface area contributed by atoms with Crippen LogP contribution >= 0.6 is 11.3 Å². The normalized spacial score (nSPS) is 12.3. The highest BCUT2D eigenvalue weighted by atomic mass is 32.1. The van der Waals surface area contributed by atoms with E-state index in [0.29, 0.717) is 16.0 Å². The Balaban J connectivity index is 1.60. The topological polar surface area (TPSA) is 107 Å². The lowest BCUT2D eigenvalue weighted by Crippen LogP contribution is -2.32. The molecule has 31 heavy (non-hydrogen) atoms. The minimum Gasteiger partial charge on any atom is -0.381 e. The molecule has 4 aromatic heterocycles. The number of thiophene rings is 1. The van der Waals surface area contributed by atoms with Crippen LogP contribution in [0.4, 0.5) is 5.82 Å². The summed E-state index contributed by atoms with van der Waals surface area (Å²) in [5.41, 5.74) is 7.85. The highest BCUT2D eigenvalue weighted by Crippen LogP contribution is 2.25. The predicted molar refractivity (Wildman–Crippen MR) is 121 cm³/mol. The monoisotopic (exact) mass is 430 g/mol. The van der Waals surface area contributed by atoms with E-state index in [9.17, 15) is 9.59 Å². The van der Waals surface area contributed by atoms with Crippen molar-refractivity contribution < 1.29 is 4.79 Å². The summed E-state index contributed by atoms with van der Waals surface area (Å²) in [6.07, 6.45) is 3.25. The van der Waals surface area contributed by atoms with Gasteiger partial charge in [0.2, 0.25) is 0 Å². The second kappa shape index (κ2) is 7.37. The smallest absolute Gasteiger partial charge is 0.273 e. The molecule has 0 aliphatic rings. The van der Waals surface area contributed by atoms with Crippen LogP contribution in [-0.4, -0.2) is 25.1 Å². The summed E-state index contributed by atoms with van der Waals surface area (Å²) in [4.78, 5) is 30.6. The summed E-state index contributed by atoms with van der Waals surface area (Å²) in [6.45, 7) is 1.83. The molecule has 0 saturated carbocycles. The molecule has 5 aromatic rings. The Kier molecular flexibility index (Phi) is 4.52. The van der Waals surface area contributed by atoms with E-state index in [1.165, 1.54) is 15.9 Å². The molecule has 4 heterocycles. The van der Waals surface area contributed by atoms with Crippen molar-refractivity contribution in [3.8, 4) is 5.69 Å². The number of rotatable bonds is 4. The Labute approximate surface area is 180 Å². The predicted octanol–water partition coefficient (Wildman–Crippen LogP) is 3.17. The minimum absolute atomic E-state index is 0.0946. The van der Waals surface area contributed by atoms with Gasteiger partial charge in [-0.15, -0.1) is 16.4 Å². The Hall–Kier alpha value is -3.98. The Morgan fingerprint density at radius 2 is 2.00 bits per heavy atom. The number of benzene rings is 1. The van der Waals surface area contributed by atoms with Crippen LogP contribution in [0, 0.1) is 0 Å². The van der Waals surface area contributed by atoms with Crippen molar-refractivity contribution in [1.29, 1.82) is 0 Å². The second-order valence-corrected chi connectivity index (χ2v) is 8.01. The van der Waals surface area contributed by atoms with Crippen LogP contribution in [0.1, 0.15) is 29.0 Å². The summed E-state index contributed by atoms with van der Waals surface area (Å²) >= 11 is 1.40. The molecule has 0 bridgehead atoms. The average molecular weight is 430 g/mol. The van der Waals surface area contributed by atoms with Crippen molar-refractivity contribution in [2.75, 3.05) is 5.73 Å². The number of amides is 1. The number of carbonyl (C=O) groups excluding carboxylic acids is 1. The molecule has 0 spiro atoms. The van der Waals surface area contributed by atoms with Gasteiger partial charge in [0, 0.05) is 23.8 Å². The lowest BCUT2D eigenvalue weighted by Gasteiger charge is -2.20. The van der Waals surface area contributed by atoms with E-state index < -0.39 is 11.9 Å². The zero-order valence-corrected chi connectivity index (χ0v) is 17.3. The number of fused-ring (bicyclic) bond motifs is 2. The van der Waals surface area contributed by atoms with Gasteiger partial charge in [-0.25, -0.2) is 9.50 Å². The molecule has 0 radical (unpaired) electrons. The van der Waals surface area contributed by atoms with Crippen LogP contribution in [0.3, 0.4) is 0 Å². The third-order valence-corrected chi connectivity index (χ3v) is 6.03. The fourth-order valence-corrected chi connectivity index (χ4v) is 4.48. The van der Waals surface area contributed by atoms with E-state index in [4.69, 9.17) is 5.73 Å². The second-order valence-electron chi connectivity index (χ2n) is 7.09. The van der Waals surface area contributed by atoms with E-state index in [2.05, 4.69) is 15.4 Å². The molecule has 0 fully saturated rings. The molecule has 154 valence electrons. The van der Waals surface area contributed by atoms with Gasteiger partial charge in [0.1, 0.15) is 10.3 Å². The maximum absolute atomic E-state index is 13.3. The van der Waals surface area contributed by atoms with Gasteiger partial charge >= 0.3 is 0 Å². The van der Waals surface area contributed by atoms with E-state index >= 15 is 0 Å². The molecule has 9 heteroatoms. The summed E-state index contributed by atoms with van der Waals surface area (Å²) < 4.78 is 3.77. The molecule has 1 unspecified atom stereocenters. The van der Waals surface area contributed by atoms with Crippen molar-refractivity contribution in [3.05, 3.63) is 87.9 Å². The van der Waals surface area contributed by atoms with Gasteiger partial charge in [0.15, 0.2) is 11.5 Å². The summed E-state index contributed by atoms with van der Waals surface area (Å²) in [7, 11) is 0. The number of anilines is 1. The number of nitrogens with two attached hydrogens (primary N) is 1. The van der Waals surface area contributed by atoms with Crippen LogP contribution < -0.4 is 16.6 Å². The van der Waals surface area contributed by atoms with Gasteiger partial charge in [0.25, 0.3) is 11.5 Å². The first-order valence-electron chi connectivity index (χ1n) is 9.63. The quantitative estimate of drug-likeness (QED) is 0.455. The molecular formula is C22H18N6O2S. The van der Waals surface area contributed by atoms with Gasteiger partial charge in [-0.1, -0.05) is 18.2 Å². The number of carbonyl (C=O) groups is 1. The molecule has 5 rings (SSSR count). The van der Waals surface area contributed by atoms with E-state index in [1.54, 1.807) is 23.0 Å². The fourth-order valence-electron chi connectivity index (χ4n) is 3.68. The van der Waals surface area contributed by atoms with Gasteiger partial charge < -0.3 is 11.1 Å². The third kappa shape index (κ3) is 3.15. The first-order chi connectivity index (χ1) is 15.0. The molecule has 8 nitrogen and oxygen atoms in total. The van der Waals surface area contributed by atoms with Gasteiger partial charge in [0.05, 0.1) is 6.04 Å². The number of para-hydroxylation sites is 1. The molecular weight excluding hydrogens is 412 g/mol. The number of hydrogen-bond acceptors (Lipinski definition) is 6. The highest BCUT2D eigenvalue weighted by molar-refractivity contribution is 7.17. The standard InChI is InChI=1S/C22H18N6O2S/c1-13(25-21(29)17-19(23)26-27-10-5-9-24-20(17)27)16-12-14-8-11-31-18(14)22(30)28(16)15-6-3-2-4-7-15/h2-13H,1H3,(H2,23,26)(H,25,29). The first kappa shape index (κ1) is 19.0. The van der Waals surface area contributed by atoms with Crippen molar-refractivity contribution in [1.82, 2.24) is 24.5 Å². The Morgan fingerprint density at radius 3 is 2.81 bits per heavy atom. The number of nitrogen functional groups attached to an aromatic ring is 1. The van der Waals surface area contributed by atoms with Gasteiger partial charge in [-0.3, -0.25) is 14.2 Å². The van der Waals surface area contributed by atoms with Crippen molar-refractivity contribution >= 4 is 38.8 Å². The van der Waals surface area contributed by atoms with Crippen molar-refractivity contribution in [2.24, 2.45) is 0 Å². The van der Waals surface area contributed by atoms with E-state index in [1.807, 2.05) is 54.8 Å². The van der Waals surface area contributed by atoms with Gasteiger partial charge in [-0.05, 0) is 48.0 Å². The Morgan fingerprint density at radius 1 is 1.19 bits per heavy atom. The number of nitrogens with zero attached hydrogens (tertiary/aromatic N) is 4. The number of pyridine rings is 1. The molecule has 0 saturated heterocycles. The maximum atomic E-state index is 13.3. The highest BCUT2D eigenvalue weighted by Gasteiger charge is 2.23. The molecule has 1 aromatic carbocycles. The molecule has 1 atom stereocenters. The lowest BCUT2D eigenvalue weighted by atomic mass is 10.1. The van der Waals surface area contributed by atoms with Crippen molar-refractivity contribution in [2.45, 2.75) is 13.0 Å². The largest absolute Gasteiger partial charge is 0.381 e. The zero-order chi connectivity index (χ0) is 21.5. The number of aromatic nitrogens is 4. The lowest BCUT2D eigenvalue weighted by molar-refractivity contribution is 0.0941.